The molecule has 3 aromatic heterocycles. The first-order valence-electron chi connectivity index (χ1n) is 11.4. The van der Waals surface area contributed by atoms with Crippen LogP contribution in [0.1, 0.15) is 58.6 Å². The molecule has 0 aliphatic heterocycles. The van der Waals surface area contributed by atoms with Crippen LogP contribution >= 0.6 is 0 Å². The minimum atomic E-state index is -1.24. The predicted octanol–water partition coefficient (Wildman–Crippen LogP) is 3.29. The van der Waals surface area contributed by atoms with E-state index in [0.29, 0.717) is 11.0 Å². The summed E-state index contributed by atoms with van der Waals surface area (Å²) in [7, 11) is 0. The minimum absolute atomic E-state index is 0.0134. The van der Waals surface area contributed by atoms with Crippen molar-refractivity contribution in [3.05, 3.63) is 58.0 Å². The monoisotopic (exact) mass is 492 g/mol. The third-order valence-electron chi connectivity index (χ3n) is 5.43. The zero-order valence-electron chi connectivity index (χ0n) is 21.1. The molecule has 0 radical (unpaired) electrons. The number of imidazole rings is 1. The molecule has 0 aliphatic carbocycles. The molecule has 11 heteroatoms. The number of fused-ring (bicyclic) bond motifs is 2. The predicted molar refractivity (Wildman–Crippen MR) is 132 cm³/mol. The smallest absolute Gasteiger partial charge is 0.417 e. The summed E-state index contributed by atoms with van der Waals surface area (Å²) in [5.74, 6) is -0.435. The third-order valence-corrected chi connectivity index (χ3v) is 5.43. The molecule has 1 aromatic carbocycles. The second-order valence-electron chi connectivity index (χ2n) is 10.5. The molecular weight excluding hydrogens is 464 g/mol. The molecule has 0 unspecified atom stereocenters. The number of hydrogen-bond acceptors (Lipinski definition) is 8. The van der Waals surface area contributed by atoms with E-state index >= 15 is 0 Å². The summed E-state index contributed by atoms with van der Waals surface area (Å²) >= 11 is 0. The highest BCUT2D eigenvalue weighted by Gasteiger charge is 2.25. The lowest BCUT2D eigenvalue weighted by molar-refractivity contribution is -0.154. The average molecular weight is 493 g/mol. The van der Waals surface area contributed by atoms with Crippen molar-refractivity contribution in [1.82, 2.24) is 29.3 Å². The fraction of sp³-hybridized carbons (Fsp3) is 0.400. The largest absolute Gasteiger partial charge is 0.464 e. The van der Waals surface area contributed by atoms with Crippen LogP contribution in [0.4, 0.5) is 4.79 Å². The van der Waals surface area contributed by atoms with E-state index in [2.05, 4.69) is 20.1 Å². The highest BCUT2D eigenvalue weighted by Crippen LogP contribution is 2.30. The van der Waals surface area contributed by atoms with Gasteiger partial charge in [0.2, 0.25) is 0 Å². The molecule has 4 aromatic rings. The van der Waals surface area contributed by atoms with Crippen molar-refractivity contribution in [3.63, 3.8) is 0 Å². The summed E-state index contributed by atoms with van der Waals surface area (Å²) in [5, 5.41) is 14.3. The maximum Gasteiger partial charge on any atom is 0.417 e. The summed E-state index contributed by atoms with van der Waals surface area (Å²) in [4.78, 5) is 50.9. The number of carbonyl (C=O) groups excluding carboxylic acids is 1. The van der Waals surface area contributed by atoms with Gasteiger partial charge in [0.25, 0.3) is 5.56 Å². The second kappa shape index (κ2) is 8.81. The van der Waals surface area contributed by atoms with Crippen LogP contribution in [0.3, 0.4) is 0 Å². The summed E-state index contributed by atoms with van der Waals surface area (Å²) in [5.41, 5.74) is 0.638. The van der Waals surface area contributed by atoms with Crippen molar-refractivity contribution in [3.8, 4) is 0 Å². The molecule has 0 spiro atoms. The number of nitrogens with zero attached hydrogens (tertiary/aromatic N) is 6. The molecule has 0 atom stereocenters. The van der Waals surface area contributed by atoms with Gasteiger partial charge in [0.1, 0.15) is 29.2 Å². The molecule has 0 fully saturated rings. The Morgan fingerprint density at radius 2 is 1.67 bits per heavy atom. The molecule has 188 valence electrons. The number of aromatic nitrogens is 6. The van der Waals surface area contributed by atoms with Crippen LogP contribution in [-0.2, 0) is 27.9 Å². The molecule has 4 rings (SSSR count). The van der Waals surface area contributed by atoms with E-state index in [1.807, 2.05) is 26.8 Å². The average Bonchev–Trinajstić information content (AvgIpc) is 3.13. The Morgan fingerprint density at radius 1 is 1.00 bits per heavy atom. The minimum Gasteiger partial charge on any atom is -0.464 e. The van der Waals surface area contributed by atoms with E-state index in [-0.39, 0.29) is 40.9 Å². The SMILES string of the molecule is CC(C)(C)OC(=O)Cc1nn(Cc2nc3c(C(C)(C)C)cccc3n2C(=O)O)c(=O)c2nccnc12. The van der Waals surface area contributed by atoms with Crippen molar-refractivity contribution in [2.24, 2.45) is 0 Å². The lowest BCUT2D eigenvalue weighted by Gasteiger charge is -2.19. The zero-order chi connectivity index (χ0) is 26.4. The van der Waals surface area contributed by atoms with Gasteiger partial charge < -0.3 is 9.84 Å². The first-order valence-corrected chi connectivity index (χ1v) is 11.4. The lowest BCUT2D eigenvalue weighted by atomic mass is 9.86. The van der Waals surface area contributed by atoms with Gasteiger partial charge in [-0.05, 0) is 37.8 Å². The number of hydrogen-bond donors (Lipinski definition) is 1. The maximum atomic E-state index is 13.2. The standard InChI is InChI=1S/C25H28N6O5/c1-24(2,3)14-8-7-9-16-19(14)28-17(31(16)23(34)35)13-30-22(33)21-20(26-10-11-27-21)15(29-30)12-18(32)36-25(4,5)6/h7-11H,12-13H2,1-6H3,(H,34,35). The van der Waals surface area contributed by atoms with Gasteiger partial charge in [-0.25, -0.2) is 24.0 Å². The normalized spacial score (nSPS) is 12.3. The molecule has 3 heterocycles. The van der Waals surface area contributed by atoms with E-state index in [1.165, 1.54) is 12.4 Å². The van der Waals surface area contributed by atoms with Gasteiger partial charge in [-0.15, -0.1) is 0 Å². The Balaban J connectivity index is 1.87. The highest BCUT2D eigenvalue weighted by atomic mass is 16.6. The van der Waals surface area contributed by atoms with E-state index in [9.17, 15) is 19.5 Å². The van der Waals surface area contributed by atoms with Crippen LogP contribution in [0.2, 0.25) is 0 Å². The molecule has 1 N–H and O–H groups in total. The van der Waals surface area contributed by atoms with Gasteiger partial charge in [-0.3, -0.25) is 14.6 Å². The van der Waals surface area contributed by atoms with Crippen LogP contribution < -0.4 is 5.56 Å². The van der Waals surface area contributed by atoms with E-state index in [1.54, 1.807) is 32.9 Å². The summed E-state index contributed by atoms with van der Waals surface area (Å²) < 4.78 is 7.52. The van der Waals surface area contributed by atoms with Gasteiger partial charge >= 0.3 is 12.1 Å². The summed E-state index contributed by atoms with van der Waals surface area (Å²) in [6.45, 7) is 11.0. The Hall–Kier alpha value is -4.15. The van der Waals surface area contributed by atoms with Crippen LogP contribution in [-0.4, -0.2) is 52.1 Å². The number of carboxylic acid groups (broad SMARTS) is 1. The molecule has 0 aliphatic rings. The molecule has 0 amide bonds. The van der Waals surface area contributed by atoms with Gasteiger partial charge in [0.15, 0.2) is 5.52 Å². The van der Waals surface area contributed by atoms with Crippen LogP contribution in [0, 0.1) is 0 Å². The highest BCUT2D eigenvalue weighted by molar-refractivity contribution is 5.89. The van der Waals surface area contributed by atoms with Crippen LogP contribution in [0.15, 0.2) is 35.4 Å². The van der Waals surface area contributed by atoms with E-state index < -0.39 is 23.2 Å². The number of benzene rings is 1. The molecule has 36 heavy (non-hydrogen) atoms. The topological polar surface area (TPSA) is 142 Å². The van der Waals surface area contributed by atoms with Crippen LogP contribution in [0.5, 0.6) is 0 Å². The summed E-state index contributed by atoms with van der Waals surface area (Å²) in [6.07, 6.45) is 1.30. The van der Waals surface area contributed by atoms with Crippen molar-refractivity contribution >= 4 is 34.1 Å². The number of ether oxygens (including phenoxy) is 1. The van der Waals surface area contributed by atoms with Crippen LogP contribution in [0.25, 0.3) is 22.1 Å². The molecule has 0 saturated carbocycles. The lowest BCUT2D eigenvalue weighted by Crippen LogP contribution is -2.30. The molecule has 11 nitrogen and oxygen atoms in total. The maximum absolute atomic E-state index is 13.2. The number of esters is 1. The molecule has 0 saturated heterocycles. The third kappa shape index (κ3) is 4.81. The first-order chi connectivity index (χ1) is 16.8. The van der Waals surface area contributed by atoms with Crippen molar-refractivity contribution in [2.75, 3.05) is 0 Å². The van der Waals surface area contributed by atoms with Gasteiger partial charge in [-0.2, -0.15) is 5.10 Å². The fourth-order valence-corrected chi connectivity index (χ4v) is 4.01. The number of rotatable bonds is 4. The van der Waals surface area contributed by atoms with Gasteiger partial charge in [0.05, 0.1) is 17.5 Å². The zero-order valence-corrected chi connectivity index (χ0v) is 21.1. The second-order valence-corrected chi connectivity index (χ2v) is 10.5. The van der Waals surface area contributed by atoms with Crippen molar-refractivity contribution < 1.29 is 19.4 Å². The quantitative estimate of drug-likeness (QED) is 0.425. The Morgan fingerprint density at radius 3 is 2.28 bits per heavy atom. The fourth-order valence-electron chi connectivity index (χ4n) is 4.01. The van der Waals surface area contributed by atoms with Crippen molar-refractivity contribution in [1.29, 1.82) is 0 Å². The Labute approximate surface area is 206 Å². The van der Waals surface area contributed by atoms with Gasteiger partial charge in [0, 0.05) is 12.4 Å². The molecular formula is C25H28N6O5. The number of para-hydroxylation sites is 1. The summed E-state index contributed by atoms with van der Waals surface area (Å²) in [6, 6.07) is 5.36. The van der Waals surface area contributed by atoms with Crippen molar-refractivity contribution in [2.45, 2.75) is 65.5 Å². The molecule has 0 bridgehead atoms. The first kappa shape index (κ1) is 25.0. The Bertz CT molecular complexity index is 1560. The van der Waals surface area contributed by atoms with E-state index in [4.69, 9.17) is 4.74 Å². The van der Waals surface area contributed by atoms with Gasteiger partial charge in [-0.1, -0.05) is 32.9 Å². The van der Waals surface area contributed by atoms with E-state index in [0.717, 1.165) is 14.8 Å². The number of carbonyl (C=O) groups is 2. The Kier molecular flexibility index (Phi) is 6.11.